The van der Waals surface area contributed by atoms with Gasteiger partial charge in [0.2, 0.25) is 0 Å². The molecule has 1 atom stereocenters. The summed E-state index contributed by atoms with van der Waals surface area (Å²) in [4.78, 5) is 9.00. The Morgan fingerprint density at radius 1 is 1.03 bits per heavy atom. The van der Waals surface area contributed by atoms with E-state index in [9.17, 15) is 15.3 Å². The Kier molecular flexibility index (Phi) is 17.0. The number of hydrogen-bond acceptors (Lipinski definition) is 7. The third-order valence-electron chi connectivity index (χ3n) is 4.92. The van der Waals surface area contributed by atoms with Crippen LogP contribution in [0.25, 0.3) is 0 Å². The van der Waals surface area contributed by atoms with Crippen molar-refractivity contribution >= 4 is 21.9 Å². The Bertz CT molecular complexity index is 846. The molecule has 8 nitrogen and oxygen atoms in total. The van der Waals surface area contributed by atoms with Crippen molar-refractivity contribution in [2.45, 2.75) is 51.9 Å². The largest absolute Gasteiger partial charge is 0.508 e. The minimum absolute atomic E-state index is 0.0449. The molecule has 0 aromatic heterocycles. The molecule has 0 radical (unpaired) electrons. The predicted octanol–water partition coefficient (Wildman–Crippen LogP) is 4.15. The van der Waals surface area contributed by atoms with Gasteiger partial charge in [-0.2, -0.15) is 0 Å². The number of unbranched alkanes of at least 4 members (excludes halogenated alkanes) is 3. The third kappa shape index (κ3) is 15.6. The zero-order chi connectivity index (χ0) is 25.9. The molecule has 0 aliphatic rings. The third-order valence-corrected chi connectivity index (χ3v) is 5.41. The summed E-state index contributed by atoms with van der Waals surface area (Å²) in [5, 5.41) is 39.7. The first-order chi connectivity index (χ1) is 16.8. The van der Waals surface area contributed by atoms with Gasteiger partial charge in [-0.05, 0) is 54.8 Å². The van der Waals surface area contributed by atoms with Crippen molar-refractivity contribution < 1.29 is 34.7 Å². The van der Waals surface area contributed by atoms with Crippen LogP contribution in [0.1, 0.15) is 55.4 Å². The van der Waals surface area contributed by atoms with Crippen LogP contribution in [0.2, 0.25) is 0 Å². The molecule has 0 unspecified atom stereocenters. The number of carbonyl (C=O) groups is 1. The Labute approximate surface area is 216 Å². The number of carboxylic acids is 1. The fraction of sp³-hybridized carbons (Fsp3) is 0.500. The highest BCUT2D eigenvalue weighted by Crippen LogP contribution is 2.22. The van der Waals surface area contributed by atoms with E-state index in [0.717, 1.165) is 55.8 Å². The van der Waals surface area contributed by atoms with Gasteiger partial charge in [0.1, 0.15) is 5.75 Å². The number of hydrogen-bond donors (Lipinski definition) is 5. The minimum atomic E-state index is -0.833. The van der Waals surface area contributed by atoms with Gasteiger partial charge in [0.25, 0.3) is 5.97 Å². The number of carboxylic acid groups (broad SMARTS) is 1. The van der Waals surface area contributed by atoms with Gasteiger partial charge >= 0.3 is 0 Å². The Balaban J connectivity index is 0.00000142. The summed E-state index contributed by atoms with van der Waals surface area (Å²) < 4.78 is 12.3. The molecule has 2 aromatic carbocycles. The molecular weight excluding hydrogens is 518 g/mol. The first-order valence-electron chi connectivity index (χ1n) is 11.7. The summed E-state index contributed by atoms with van der Waals surface area (Å²) in [5.41, 5.74) is 2.26. The van der Waals surface area contributed by atoms with Crippen LogP contribution in [0.5, 0.6) is 5.75 Å². The van der Waals surface area contributed by atoms with E-state index in [-0.39, 0.29) is 12.4 Å². The lowest BCUT2D eigenvalue weighted by Gasteiger charge is -2.14. The predicted molar refractivity (Wildman–Crippen MR) is 138 cm³/mol. The van der Waals surface area contributed by atoms with E-state index in [1.54, 1.807) is 12.1 Å². The number of ether oxygens (including phenoxy) is 2. The van der Waals surface area contributed by atoms with Crippen LogP contribution in [0.15, 0.2) is 46.9 Å². The van der Waals surface area contributed by atoms with Gasteiger partial charge in [-0.3, -0.25) is 4.79 Å². The normalized spacial score (nSPS) is 11.5. The molecule has 9 heteroatoms. The Hall–Kier alpha value is -2.01. The van der Waals surface area contributed by atoms with E-state index in [1.807, 2.05) is 18.2 Å². The zero-order valence-electron chi connectivity index (χ0n) is 20.3. The van der Waals surface area contributed by atoms with E-state index in [1.165, 1.54) is 6.07 Å². The van der Waals surface area contributed by atoms with Crippen molar-refractivity contribution in [1.82, 2.24) is 5.32 Å². The van der Waals surface area contributed by atoms with Crippen molar-refractivity contribution in [2.75, 3.05) is 32.9 Å². The van der Waals surface area contributed by atoms with Crippen LogP contribution in [0, 0.1) is 0 Å². The molecule has 0 heterocycles. The number of aliphatic hydroxyl groups is 2. The van der Waals surface area contributed by atoms with E-state index < -0.39 is 12.1 Å². The second kappa shape index (κ2) is 19.2. The van der Waals surface area contributed by atoms with Crippen LogP contribution in [0.4, 0.5) is 0 Å². The van der Waals surface area contributed by atoms with E-state index >= 15 is 0 Å². The van der Waals surface area contributed by atoms with Gasteiger partial charge in [0.15, 0.2) is 0 Å². The summed E-state index contributed by atoms with van der Waals surface area (Å²) in [6, 6.07) is 12.9. The van der Waals surface area contributed by atoms with Crippen LogP contribution in [-0.2, 0) is 27.5 Å². The number of aliphatic hydroxyl groups excluding tert-OH is 2. The highest BCUT2D eigenvalue weighted by atomic mass is 79.9. The summed E-state index contributed by atoms with van der Waals surface area (Å²) in [5.74, 6) is -0.788. The molecular formula is C26H38BrNO7. The topological polar surface area (TPSA) is 128 Å². The quantitative estimate of drug-likeness (QED) is 0.195. The van der Waals surface area contributed by atoms with Gasteiger partial charge in [0, 0.05) is 30.1 Å². The number of phenols is 1. The molecule has 2 rings (SSSR count). The molecule has 0 amide bonds. The lowest BCUT2D eigenvalue weighted by Crippen LogP contribution is -2.22. The maximum atomic E-state index is 10.2. The van der Waals surface area contributed by atoms with Gasteiger partial charge in [-0.25, -0.2) is 0 Å². The van der Waals surface area contributed by atoms with Gasteiger partial charge in [-0.1, -0.05) is 47.0 Å². The van der Waals surface area contributed by atoms with Crippen molar-refractivity contribution in [3.05, 3.63) is 63.6 Å². The number of halogens is 1. The Morgan fingerprint density at radius 3 is 2.46 bits per heavy atom. The van der Waals surface area contributed by atoms with E-state index in [2.05, 4.69) is 27.3 Å². The fourth-order valence-corrected chi connectivity index (χ4v) is 3.59. The lowest BCUT2D eigenvalue weighted by atomic mass is 10.1. The first-order valence-corrected chi connectivity index (χ1v) is 12.5. The smallest absolute Gasteiger partial charge is 0.300 e. The molecule has 0 fully saturated rings. The number of aliphatic carboxylic acids is 1. The second-order valence-corrected chi connectivity index (χ2v) is 8.91. The SMILES string of the molecule is CC(=O)O.OCc1cc([C@@H](O)CNCCCCCCOCCOCc2cccc(Br)c2)ccc1O. The summed E-state index contributed by atoms with van der Waals surface area (Å²) in [7, 11) is 0. The average Bonchev–Trinajstić information content (AvgIpc) is 2.82. The molecule has 5 N–H and O–H groups in total. The minimum Gasteiger partial charge on any atom is -0.508 e. The summed E-state index contributed by atoms with van der Waals surface area (Å²) in [6.45, 7) is 4.68. The first kappa shape index (κ1) is 31.0. The lowest BCUT2D eigenvalue weighted by molar-refractivity contribution is -0.134. The number of benzene rings is 2. The van der Waals surface area contributed by atoms with Gasteiger partial charge in [0.05, 0.1) is 32.5 Å². The molecule has 196 valence electrons. The molecule has 2 aromatic rings. The average molecular weight is 556 g/mol. The van der Waals surface area contributed by atoms with E-state index in [0.29, 0.717) is 37.5 Å². The van der Waals surface area contributed by atoms with Crippen LogP contribution >= 0.6 is 15.9 Å². The molecule has 0 spiro atoms. The van der Waals surface area contributed by atoms with Crippen molar-refractivity contribution in [1.29, 1.82) is 0 Å². The number of nitrogens with one attached hydrogen (secondary N) is 1. The number of aromatic hydroxyl groups is 1. The maximum absolute atomic E-state index is 10.2. The monoisotopic (exact) mass is 555 g/mol. The molecule has 0 saturated heterocycles. The van der Waals surface area contributed by atoms with Crippen molar-refractivity contribution in [2.24, 2.45) is 0 Å². The van der Waals surface area contributed by atoms with Crippen LogP contribution in [-0.4, -0.2) is 59.3 Å². The molecule has 0 aliphatic carbocycles. The second-order valence-electron chi connectivity index (χ2n) is 7.99. The molecule has 0 bridgehead atoms. The Morgan fingerprint density at radius 2 is 1.74 bits per heavy atom. The molecule has 0 aliphatic heterocycles. The van der Waals surface area contributed by atoms with Gasteiger partial charge in [-0.15, -0.1) is 0 Å². The van der Waals surface area contributed by atoms with Gasteiger partial charge < -0.3 is 35.2 Å². The molecule has 0 saturated carbocycles. The zero-order valence-corrected chi connectivity index (χ0v) is 21.9. The van der Waals surface area contributed by atoms with Crippen LogP contribution < -0.4 is 5.32 Å². The van der Waals surface area contributed by atoms with E-state index in [4.69, 9.17) is 19.4 Å². The maximum Gasteiger partial charge on any atom is 0.300 e. The fourth-order valence-electron chi connectivity index (χ4n) is 3.14. The summed E-state index contributed by atoms with van der Waals surface area (Å²) in [6.07, 6.45) is 3.64. The van der Waals surface area contributed by atoms with Crippen molar-refractivity contribution in [3.8, 4) is 5.75 Å². The summed E-state index contributed by atoms with van der Waals surface area (Å²) >= 11 is 3.45. The highest BCUT2D eigenvalue weighted by Gasteiger charge is 2.09. The molecule has 35 heavy (non-hydrogen) atoms. The van der Waals surface area contributed by atoms with Crippen molar-refractivity contribution in [3.63, 3.8) is 0 Å². The highest BCUT2D eigenvalue weighted by molar-refractivity contribution is 9.10. The number of rotatable bonds is 16. The van der Waals surface area contributed by atoms with Crippen LogP contribution in [0.3, 0.4) is 0 Å². The standard InChI is InChI=1S/C24H34BrNO5.C2H4O2/c25-22-7-5-6-19(14-22)18-31-13-12-30-11-4-2-1-3-10-26-16-24(29)20-8-9-23(28)21(15-20)17-27;1-2(3)4/h5-9,14-15,24,26-29H,1-4,10-13,16-18H2;1H3,(H,3,4)/t24-;/m0./s1.